The lowest BCUT2D eigenvalue weighted by Crippen LogP contribution is -2.24. The lowest BCUT2D eigenvalue weighted by Gasteiger charge is -1.97. The molecule has 1 heterocycles. The molecule has 1 aliphatic heterocycles. The van der Waals surface area contributed by atoms with Gasteiger partial charge in [-0.15, -0.1) is 0 Å². The molecular formula is C8H9NO3. The highest BCUT2D eigenvalue weighted by atomic mass is 16.6. The zero-order valence-electron chi connectivity index (χ0n) is 6.61. The third-order valence-corrected chi connectivity index (χ3v) is 3.14. The summed E-state index contributed by atoms with van der Waals surface area (Å²) in [5.41, 5.74) is 0. The number of nitrogens with one attached hydrogen (secondary N) is 1. The van der Waals surface area contributed by atoms with Crippen LogP contribution in [0.1, 0.15) is 0 Å². The van der Waals surface area contributed by atoms with Gasteiger partial charge in [0.25, 0.3) is 0 Å². The second-order valence-corrected chi connectivity index (χ2v) is 3.67. The number of carbonyl (C=O) groups is 2. The van der Waals surface area contributed by atoms with Crippen molar-refractivity contribution in [3.63, 3.8) is 0 Å². The number of carbonyl (C=O) groups excluding carboxylic acids is 2. The Balaban J connectivity index is 1.82. The number of fused-ring (bicyclic) bond motifs is 3. The number of hydrogen-bond acceptors (Lipinski definition) is 3. The summed E-state index contributed by atoms with van der Waals surface area (Å²) < 4.78 is 5.11. The van der Waals surface area contributed by atoms with Crippen LogP contribution in [0.3, 0.4) is 0 Å². The second-order valence-electron chi connectivity index (χ2n) is 3.67. The lowest BCUT2D eigenvalue weighted by molar-refractivity contribution is -0.126. The van der Waals surface area contributed by atoms with Crippen molar-refractivity contribution in [3.8, 4) is 0 Å². The monoisotopic (exact) mass is 167 g/mol. The van der Waals surface area contributed by atoms with Crippen molar-refractivity contribution in [1.29, 1.82) is 0 Å². The molecule has 0 radical (unpaired) electrons. The van der Waals surface area contributed by atoms with Gasteiger partial charge in [0.2, 0.25) is 5.91 Å². The van der Waals surface area contributed by atoms with Crippen molar-refractivity contribution in [2.75, 3.05) is 7.05 Å². The molecule has 0 spiro atoms. The molecule has 1 amide bonds. The Kier molecular flexibility index (Phi) is 0.942. The number of epoxide rings is 1. The molecule has 5 atom stereocenters. The highest BCUT2D eigenvalue weighted by molar-refractivity contribution is 6.01. The number of ketones is 1. The van der Waals surface area contributed by atoms with Gasteiger partial charge in [-0.25, -0.2) is 0 Å². The van der Waals surface area contributed by atoms with E-state index in [0.29, 0.717) is 0 Å². The molecule has 0 aromatic carbocycles. The number of amides is 1. The van der Waals surface area contributed by atoms with E-state index >= 15 is 0 Å². The van der Waals surface area contributed by atoms with E-state index in [2.05, 4.69) is 5.32 Å². The Morgan fingerprint density at radius 1 is 1.58 bits per heavy atom. The molecule has 12 heavy (non-hydrogen) atoms. The number of Topliss-reactive ketones (excluding diaryl/α,β-unsaturated/α-hetero) is 1. The minimum absolute atomic E-state index is 0.00583. The fraction of sp³-hybridized carbons (Fsp3) is 0.750. The van der Waals surface area contributed by atoms with Crippen molar-refractivity contribution in [2.45, 2.75) is 12.2 Å². The van der Waals surface area contributed by atoms with Crippen molar-refractivity contribution in [2.24, 2.45) is 17.8 Å². The molecule has 0 bridgehead atoms. The summed E-state index contributed by atoms with van der Waals surface area (Å²) in [5.74, 6) is 0.272. The van der Waals surface area contributed by atoms with Gasteiger partial charge >= 0.3 is 0 Å². The summed E-state index contributed by atoms with van der Waals surface area (Å²) >= 11 is 0. The average Bonchev–Trinajstić information content (AvgIpc) is 2.92. The molecule has 4 nitrogen and oxygen atoms in total. The summed E-state index contributed by atoms with van der Waals surface area (Å²) in [6.07, 6.45) is -0.0503. The topological polar surface area (TPSA) is 58.7 Å². The molecule has 3 aliphatic rings. The Morgan fingerprint density at radius 3 is 2.83 bits per heavy atom. The van der Waals surface area contributed by atoms with Gasteiger partial charge in [0, 0.05) is 18.9 Å². The van der Waals surface area contributed by atoms with Gasteiger partial charge in [0.15, 0.2) is 5.78 Å². The van der Waals surface area contributed by atoms with Crippen LogP contribution in [0.2, 0.25) is 0 Å². The van der Waals surface area contributed by atoms with E-state index in [0.717, 1.165) is 0 Å². The third-order valence-electron chi connectivity index (χ3n) is 3.14. The number of rotatable bonds is 1. The molecule has 0 aromatic rings. The van der Waals surface area contributed by atoms with E-state index in [1.807, 2.05) is 0 Å². The van der Waals surface area contributed by atoms with Crippen LogP contribution in [0.4, 0.5) is 0 Å². The van der Waals surface area contributed by atoms with Gasteiger partial charge in [0.05, 0.1) is 12.0 Å². The van der Waals surface area contributed by atoms with E-state index in [-0.39, 0.29) is 41.7 Å². The van der Waals surface area contributed by atoms with E-state index in [9.17, 15) is 9.59 Å². The normalized spacial score (nSPS) is 52.8. The first kappa shape index (κ1) is 6.60. The van der Waals surface area contributed by atoms with Crippen LogP contribution in [-0.2, 0) is 14.3 Å². The van der Waals surface area contributed by atoms with Crippen molar-refractivity contribution in [1.82, 2.24) is 5.32 Å². The number of ether oxygens (including phenoxy) is 1. The van der Waals surface area contributed by atoms with E-state index < -0.39 is 0 Å². The van der Waals surface area contributed by atoms with Crippen LogP contribution in [0, 0.1) is 17.8 Å². The molecule has 0 aromatic heterocycles. The van der Waals surface area contributed by atoms with Gasteiger partial charge < -0.3 is 10.1 Å². The number of hydrogen-bond donors (Lipinski definition) is 1. The van der Waals surface area contributed by atoms with Crippen LogP contribution >= 0.6 is 0 Å². The van der Waals surface area contributed by atoms with Crippen molar-refractivity contribution in [3.05, 3.63) is 0 Å². The van der Waals surface area contributed by atoms with Crippen LogP contribution in [0.5, 0.6) is 0 Å². The first-order valence-electron chi connectivity index (χ1n) is 4.16. The summed E-state index contributed by atoms with van der Waals surface area (Å²) in [7, 11) is 1.60. The molecule has 4 heteroatoms. The molecule has 3 rings (SSSR count). The van der Waals surface area contributed by atoms with E-state index in [4.69, 9.17) is 4.74 Å². The quantitative estimate of drug-likeness (QED) is 0.507. The minimum atomic E-state index is -0.138. The van der Waals surface area contributed by atoms with Crippen LogP contribution in [0.15, 0.2) is 0 Å². The smallest absolute Gasteiger partial charge is 0.224 e. The van der Waals surface area contributed by atoms with E-state index in [1.54, 1.807) is 7.05 Å². The summed E-state index contributed by atoms with van der Waals surface area (Å²) in [4.78, 5) is 22.5. The summed E-state index contributed by atoms with van der Waals surface area (Å²) in [6, 6.07) is 0. The SMILES string of the molecule is CNC(=O)[C@@H]1[C@H]2C(=O)[C@@H]3O[C@@H]3[C@@H]12. The zero-order valence-corrected chi connectivity index (χ0v) is 6.61. The summed E-state index contributed by atoms with van der Waals surface area (Å²) in [5, 5.41) is 2.57. The van der Waals surface area contributed by atoms with Crippen LogP contribution in [0.25, 0.3) is 0 Å². The predicted molar refractivity (Wildman–Crippen MR) is 38.2 cm³/mol. The molecule has 64 valence electrons. The van der Waals surface area contributed by atoms with Gasteiger partial charge in [-0.3, -0.25) is 9.59 Å². The van der Waals surface area contributed by atoms with Gasteiger partial charge in [0.1, 0.15) is 6.10 Å². The van der Waals surface area contributed by atoms with Crippen molar-refractivity contribution < 1.29 is 14.3 Å². The lowest BCUT2D eigenvalue weighted by atomic mass is 10.1. The Morgan fingerprint density at radius 2 is 2.33 bits per heavy atom. The van der Waals surface area contributed by atoms with Gasteiger partial charge in [-0.05, 0) is 0 Å². The van der Waals surface area contributed by atoms with Crippen LogP contribution in [-0.4, -0.2) is 30.9 Å². The maximum atomic E-state index is 11.3. The van der Waals surface area contributed by atoms with Crippen molar-refractivity contribution >= 4 is 11.7 Å². The zero-order chi connectivity index (χ0) is 8.46. The minimum Gasteiger partial charge on any atom is -0.361 e. The second kappa shape index (κ2) is 1.71. The van der Waals surface area contributed by atoms with Crippen LogP contribution < -0.4 is 5.32 Å². The predicted octanol–water partition coefficient (Wildman–Crippen LogP) is -1.06. The largest absolute Gasteiger partial charge is 0.361 e. The fourth-order valence-electron chi connectivity index (χ4n) is 2.45. The fourth-order valence-corrected chi connectivity index (χ4v) is 2.45. The average molecular weight is 167 g/mol. The Labute approximate surface area is 69.3 Å². The highest BCUT2D eigenvalue weighted by Gasteiger charge is 2.77. The molecule has 3 fully saturated rings. The molecule has 1 N–H and O–H groups in total. The Hall–Kier alpha value is -0.900. The summed E-state index contributed by atoms with van der Waals surface area (Å²) in [6.45, 7) is 0. The standard InChI is InChI=1S/C8H9NO3/c1-9-8(11)4-2-3(4)6-7(12-6)5(2)10/h2-4,6-7H,1H3,(H,9,11)/t2-,3+,4+,6+,7-/m0/s1. The molecular weight excluding hydrogens is 158 g/mol. The van der Waals surface area contributed by atoms with Gasteiger partial charge in [-0.2, -0.15) is 0 Å². The molecule has 2 saturated carbocycles. The molecule has 1 saturated heterocycles. The first-order chi connectivity index (χ1) is 5.75. The third kappa shape index (κ3) is 0.545. The van der Waals surface area contributed by atoms with Gasteiger partial charge in [-0.1, -0.05) is 0 Å². The molecule has 0 unspecified atom stereocenters. The first-order valence-corrected chi connectivity index (χ1v) is 4.16. The highest BCUT2D eigenvalue weighted by Crippen LogP contribution is 2.63. The molecule has 2 aliphatic carbocycles. The maximum Gasteiger partial charge on any atom is 0.224 e. The Bertz CT molecular complexity index is 288. The van der Waals surface area contributed by atoms with E-state index in [1.165, 1.54) is 0 Å². The maximum absolute atomic E-state index is 11.3.